The zero-order valence-electron chi connectivity index (χ0n) is 28.3. The van der Waals surface area contributed by atoms with Gasteiger partial charge in [0.1, 0.15) is 5.22 Å². The molecule has 0 saturated carbocycles. The maximum Gasteiger partial charge on any atom is 0.500 e. The molecule has 1 saturated heterocycles. The molecular formula is C28H66O9Si3. The first-order chi connectivity index (χ1) is 19.2. The van der Waals surface area contributed by atoms with Crippen molar-refractivity contribution < 1.29 is 40.1 Å². The molecule has 0 aromatic rings. The maximum absolute atomic E-state index is 5.83. The Bertz CT molecular complexity index is 529. The lowest BCUT2D eigenvalue weighted by Gasteiger charge is -2.47. The molecule has 0 radical (unpaired) electrons. The minimum Gasteiger partial charge on any atom is -0.396 e. The molecule has 12 heteroatoms. The molecule has 0 spiro atoms. The number of ether oxygens (including phenoxy) is 1. The van der Waals surface area contributed by atoms with E-state index in [1.54, 1.807) is 42.7 Å². The van der Waals surface area contributed by atoms with Gasteiger partial charge in [-0.3, -0.25) is 0 Å². The van der Waals surface area contributed by atoms with Crippen LogP contribution in [0.15, 0.2) is 0 Å². The Kier molecular flexibility index (Phi) is 26.2. The molecule has 0 aromatic carbocycles. The fraction of sp³-hybridized carbons (Fsp3) is 1.00. The van der Waals surface area contributed by atoms with Gasteiger partial charge in [-0.2, -0.15) is 0 Å². The molecular weight excluding hydrogens is 565 g/mol. The normalized spacial score (nSPS) is 18.9. The molecule has 244 valence electrons. The van der Waals surface area contributed by atoms with Crippen LogP contribution in [0.2, 0.25) is 18.1 Å². The average molecular weight is 631 g/mol. The van der Waals surface area contributed by atoms with Gasteiger partial charge in [-0.05, 0) is 46.1 Å². The van der Waals surface area contributed by atoms with Gasteiger partial charge < -0.3 is 40.1 Å². The fourth-order valence-corrected chi connectivity index (χ4v) is 13.4. The lowest BCUT2D eigenvalue weighted by atomic mass is 10.1. The van der Waals surface area contributed by atoms with Crippen molar-refractivity contribution in [3.8, 4) is 0 Å². The van der Waals surface area contributed by atoms with E-state index in [0.29, 0.717) is 19.8 Å². The predicted octanol–water partition coefficient (Wildman–Crippen LogP) is 7.13. The second kappa shape index (κ2) is 24.7. The van der Waals surface area contributed by atoms with Gasteiger partial charge in [0.25, 0.3) is 0 Å². The van der Waals surface area contributed by atoms with Crippen LogP contribution in [0.4, 0.5) is 0 Å². The Labute approximate surface area is 251 Å². The summed E-state index contributed by atoms with van der Waals surface area (Å²) in [4.78, 5) is 0. The van der Waals surface area contributed by atoms with Crippen molar-refractivity contribution >= 4 is 26.2 Å². The molecule has 1 aliphatic heterocycles. The second-order valence-electron chi connectivity index (χ2n) is 9.76. The monoisotopic (exact) mass is 630 g/mol. The quantitative estimate of drug-likeness (QED) is 0.103. The SMILES string of the molecule is CCCC1(OC)CCCC[Si]1(OC)OC.CCCCCC[Si](OCC)(OCC)OCC.CC[Si](OC)(OC)OC. The van der Waals surface area contributed by atoms with Gasteiger partial charge in [0.2, 0.25) is 0 Å². The van der Waals surface area contributed by atoms with Gasteiger partial charge >= 0.3 is 26.2 Å². The smallest absolute Gasteiger partial charge is 0.396 e. The highest BCUT2D eigenvalue weighted by molar-refractivity contribution is 6.70. The third kappa shape index (κ3) is 13.7. The number of hydrogen-bond donors (Lipinski definition) is 0. The largest absolute Gasteiger partial charge is 0.500 e. The van der Waals surface area contributed by atoms with Gasteiger partial charge in [0.15, 0.2) is 0 Å². The van der Waals surface area contributed by atoms with Crippen molar-refractivity contribution in [2.45, 2.75) is 123 Å². The number of rotatable bonds is 20. The number of methoxy groups -OCH3 is 1. The van der Waals surface area contributed by atoms with Crippen LogP contribution in [0.25, 0.3) is 0 Å². The molecule has 1 heterocycles. The molecule has 0 aromatic heterocycles. The van der Waals surface area contributed by atoms with E-state index in [9.17, 15) is 0 Å². The molecule has 40 heavy (non-hydrogen) atoms. The molecule has 0 N–H and O–H groups in total. The van der Waals surface area contributed by atoms with E-state index in [-0.39, 0.29) is 5.22 Å². The highest BCUT2D eigenvalue weighted by atomic mass is 28.4. The summed E-state index contributed by atoms with van der Waals surface area (Å²) in [6, 6.07) is 2.84. The predicted molar refractivity (Wildman–Crippen MR) is 170 cm³/mol. The lowest BCUT2D eigenvalue weighted by Crippen LogP contribution is -2.64. The molecule has 0 amide bonds. The molecule has 9 nitrogen and oxygen atoms in total. The number of unbranched alkanes of at least 4 members (excludes halogenated alkanes) is 3. The van der Waals surface area contributed by atoms with Crippen LogP contribution in [-0.2, 0) is 40.1 Å². The first-order valence-electron chi connectivity index (χ1n) is 15.4. The van der Waals surface area contributed by atoms with Crippen LogP contribution in [-0.4, -0.2) is 93.9 Å². The summed E-state index contributed by atoms with van der Waals surface area (Å²) in [5, 5.41) is -0.122. The Morgan fingerprint density at radius 3 is 1.48 bits per heavy atom. The fourth-order valence-electron chi connectivity index (χ4n) is 5.38. The van der Waals surface area contributed by atoms with E-state index < -0.39 is 26.2 Å². The van der Waals surface area contributed by atoms with Crippen LogP contribution < -0.4 is 0 Å². The minimum atomic E-state index is -2.35. The maximum atomic E-state index is 5.83. The average Bonchev–Trinajstić information content (AvgIpc) is 2.98. The third-order valence-corrected chi connectivity index (χ3v) is 17.8. The Morgan fingerprint density at radius 2 is 1.15 bits per heavy atom. The van der Waals surface area contributed by atoms with Gasteiger partial charge in [-0.25, -0.2) is 0 Å². The molecule has 1 atom stereocenters. The van der Waals surface area contributed by atoms with Crippen molar-refractivity contribution in [3.63, 3.8) is 0 Å². The zero-order valence-corrected chi connectivity index (χ0v) is 31.3. The van der Waals surface area contributed by atoms with Crippen molar-refractivity contribution in [1.82, 2.24) is 0 Å². The summed E-state index contributed by atoms with van der Waals surface area (Å²) < 4.78 is 50.0. The number of hydrogen-bond acceptors (Lipinski definition) is 9. The van der Waals surface area contributed by atoms with Crippen LogP contribution >= 0.6 is 0 Å². The summed E-state index contributed by atoms with van der Waals surface area (Å²) in [7, 11) is 3.52. The van der Waals surface area contributed by atoms with E-state index in [1.165, 1.54) is 32.1 Å². The van der Waals surface area contributed by atoms with Crippen LogP contribution in [0.3, 0.4) is 0 Å². The van der Waals surface area contributed by atoms with Crippen LogP contribution in [0.5, 0.6) is 0 Å². The summed E-state index contributed by atoms with van der Waals surface area (Å²) in [5.74, 6) is 0. The topological polar surface area (TPSA) is 83.1 Å². The molecule has 0 aliphatic carbocycles. The molecule has 1 aliphatic rings. The zero-order chi connectivity index (χ0) is 31.0. The summed E-state index contributed by atoms with van der Waals surface area (Å²) >= 11 is 0. The van der Waals surface area contributed by atoms with E-state index >= 15 is 0 Å². The Morgan fingerprint density at radius 1 is 0.625 bits per heavy atom. The van der Waals surface area contributed by atoms with E-state index in [1.807, 2.05) is 27.7 Å². The standard InChI is InChI=1S/C12H28O3Si.C11H24O3Si.C5H14O3Si/c1-5-9-10-11-12-16(13-6-2,14-7-3)15-8-4;1-5-8-11(12-2)9-6-7-10-15(11,13-3)14-4;1-5-9(6-2,7-3)8-4/h5-12H2,1-4H3;5-10H2,1-4H3;5H2,1-4H3. The third-order valence-electron chi connectivity index (χ3n) is 7.53. The summed E-state index contributed by atoms with van der Waals surface area (Å²) in [6.07, 6.45) is 10.6. The van der Waals surface area contributed by atoms with Crippen molar-refractivity contribution in [2.75, 3.05) is 62.5 Å². The van der Waals surface area contributed by atoms with E-state index in [4.69, 9.17) is 40.1 Å². The summed E-state index contributed by atoms with van der Waals surface area (Å²) in [5.41, 5.74) is 0. The second-order valence-corrected chi connectivity index (χ2v) is 19.5. The van der Waals surface area contributed by atoms with Gasteiger partial charge in [-0.15, -0.1) is 0 Å². The molecule has 1 unspecified atom stereocenters. The van der Waals surface area contributed by atoms with Gasteiger partial charge in [0.05, 0.1) is 0 Å². The Balaban J connectivity index is 0. The summed E-state index contributed by atoms with van der Waals surface area (Å²) in [6.45, 7) is 14.5. The lowest BCUT2D eigenvalue weighted by molar-refractivity contribution is -0.0149. The molecule has 1 fully saturated rings. The highest BCUT2D eigenvalue weighted by Gasteiger charge is 2.58. The van der Waals surface area contributed by atoms with Crippen LogP contribution in [0, 0.1) is 0 Å². The molecule has 1 rings (SSSR count). The minimum absolute atomic E-state index is 0.122. The first-order valence-corrected chi connectivity index (χ1v) is 21.3. The van der Waals surface area contributed by atoms with E-state index in [2.05, 4.69) is 13.8 Å². The highest BCUT2D eigenvalue weighted by Crippen LogP contribution is 2.42. The van der Waals surface area contributed by atoms with Crippen molar-refractivity contribution in [3.05, 3.63) is 0 Å². The molecule has 0 bridgehead atoms. The van der Waals surface area contributed by atoms with Crippen LogP contribution in [0.1, 0.15) is 99.3 Å². The van der Waals surface area contributed by atoms with Crippen molar-refractivity contribution in [2.24, 2.45) is 0 Å². The van der Waals surface area contributed by atoms with E-state index in [0.717, 1.165) is 43.8 Å². The Hall–Kier alpha value is 0.291. The van der Waals surface area contributed by atoms with Gasteiger partial charge in [-0.1, -0.05) is 59.3 Å². The van der Waals surface area contributed by atoms with Crippen molar-refractivity contribution in [1.29, 1.82) is 0 Å². The first kappa shape index (κ1) is 42.4. The van der Waals surface area contributed by atoms with Gasteiger partial charge in [0, 0.05) is 74.6 Å².